The van der Waals surface area contributed by atoms with E-state index in [9.17, 15) is 8.78 Å². The van der Waals surface area contributed by atoms with Crippen molar-refractivity contribution >= 4 is 11.8 Å². The highest BCUT2D eigenvalue weighted by Crippen LogP contribution is 2.21. The summed E-state index contributed by atoms with van der Waals surface area (Å²) in [4.78, 5) is 0.794. The number of unbranched alkanes of at least 4 members (excludes halogenated alkanes) is 1. The van der Waals surface area contributed by atoms with Gasteiger partial charge < -0.3 is 5.32 Å². The lowest BCUT2D eigenvalue weighted by Crippen LogP contribution is -2.13. The lowest BCUT2D eigenvalue weighted by Gasteiger charge is -2.03. The summed E-state index contributed by atoms with van der Waals surface area (Å²) in [6.07, 6.45) is 2.20. The molecule has 0 aliphatic carbocycles. The van der Waals surface area contributed by atoms with Crippen LogP contribution in [-0.4, -0.2) is 18.8 Å². The molecular formula is C12H17F2NS. The summed E-state index contributed by atoms with van der Waals surface area (Å²) in [5.74, 6) is -0.606. The first-order valence-corrected chi connectivity index (χ1v) is 6.51. The Hall–Kier alpha value is -0.610. The van der Waals surface area contributed by atoms with Gasteiger partial charge in [0.2, 0.25) is 0 Å². The zero-order valence-electron chi connectivity index (χ0n) is 9.43. The molecule has 1 rings (SSSR count). The van der Waals surface area contributed by atoms with Crippen molar-refractivity contribution in [1.82, 2.24) is 5.32 Å². The van der Waals surface area contributed by atoms with Gasteiger partial charge in [-0.15, -0.1) is 11.8 Å². The summed E-state index contributed by atoms with van der Waals surface area (Å²) in [6.45, 7) is 4.10. The second-order valence-corrected chi connectivity index (χ2v) is 4.65. The van der Waals surface area contributed by atoms with Gasteiger partial charge in [0.1, 0.15) is 0 Å². The largest absolute Gasteiger partial charge is 0.317 e. The molecule has 0 atom stereocenters. The molecule has 0 aromatic heterocycles. The quantitative estimate of drug-likeness (QED) is 0.583. The van der Waals surface area contributed by atoms with Crippen molar-refractivity contribution in [1.29, 1.82) is 0 Å². The van der Waals surface area contributed by atoms with E-state index in [1.807, 2.05) is 0 Å². The van der Waals surface area contributed by atoms with Gasteiger partial charge in [-0.25, -0.2) is 8.78 Å². The van der Waals surface area contributed by atoms with Gasteiger partial charge in [-0.05, 0) is 49.9 Å². The standard InChI is InChI=1S/C12H17F2NS/c1-2-15-7-3-4-8-16-10-5-6-11(13)12(14)9-10/h5-6,9,15H,2-4,7-8H2,1H3. The molecule has 0 saturated carbocycles. The van der Waals surface area contributed by atoms with Gasteiger partial charge in [0.15, 0.2) is 11.6 Å². The van der Waals surface area contributed by atoms with E-state index in [4.69, 9.17) is 0 Å². The van der Waals surface area contributed by atoms with Crippen LogP contribution < -0.4 is 5.32 Å². The number of hydrogen-bond donors (Lipinski definition) is 1. The topological polar surface area (TPSA) is 12.0 Å². The third-order valence-electron chi connectivity index (χ3n) is 2.16. The molecule has 4 heteroatoms. The van der Waals surface area contributed by atoms with Crippen molar-refractivity contribution in [3.8, 4) is 0 Å². The Labute approximate surface area is 99.6 Å². The third kappa shape index (κ3) is 4.94. The maximum absolute atomic E-state index is 12.9. The van der Waals surface area contributed by atoms with E-state index in [2.05, 4.69) is 12.2 Å². The van der Waals surface area contributed by atoms with Crippen LogP contribution in [0.25, 0.3) is 0 Å². The number of hydrogen-bond acceptors (Lipinski definition) is 2. The fourth-order valence-corrected chi connectivity index (χ4v) is 2.22. The number of halogens is 2. The molecule has 16 heavy (non-hydrogen) atoms. The first kappa shape index (κ1) is 13.5. The van der Waals surface area contributed by atoms with Crippen LogP contribution in [0.15, 0.2) is 23.1 Å². The Kier molecular flexibility index (Phi) is 6.42. The summed E-state index contributed by atoms with van der Waals surface area (Å²) < 4.78 is 25.5. The van der Waals surface area contributed by atoms with E-state index in [0.29, 0.717) is 0 Å². The highest BCUT2D eigenvalue weighted by Gasteiger charge is 2.02. The van der Waals surface area contributed by atoms with E-state index >= 15 is 0 Å². The molecule has 0 spiro atoms. The van der Waals surface area contributed by atoms with Crippen LogP contribution in [-0.2, 0) is 0 Å². The summed E-state index contributed by atoms with van der Waals surface area (Å²) in [5.41, 5.74) is 0. The smallest absolute Gasteiger partial charge is 0.159 e. The van der Waals surface area contributed by atoms with Gasteiger partial charge in [0.05, 0.1) is 0 Å². The minimum absolute atomic E-state index is 0.766. The summed E-state index contributed by atoms with van der Waals surface area (Å²) >= 11 is 1.57. The molecule has 0 radical (unpaired) electrons. The average molecular weight is 245 g/mol. The zero-order valence-corrected chi connectivity index (χ0v) is 10.2. The van der Waals surface area contributed by atoms with Crippen LogP contribution >= 0.6 is 11.8 Å². The van der Waals surface area contributed by atoms with Crippen LogP contribution in [0.1, 0.15) is 19.8 Å². The molecule has 0 aliphatic rings. The molecule has 0 saturated heterocycles. The molecule has 0 fully saturated rings. The van der Waals surface area contributed by atoms with Gasteiger partial charge in [-0.1, -0.05) is 6.92 Å². The number of benzene rings is 1. The van der Waals surface area contributed by atoms with Crippen molar-refractivity contribution in [2.24, 2.45) is 0 Å². The third-order valence-corrected chi connectivity index (χ3v) is 3.24. The SMILES string of the molecule is CCNCCCCSc1ccc(F)c(F)c1. The molecule has 0 amide bonds. The molecule has 1 aromatic carbocycles. The summed E-state index contributed by atoms with van der Waals surface area (Å²) in [7, 11) is 0. The van der Waals surface area contributed by atoms with Crippen LogP contribution in [0.5, 0.6) is 0 Å². The molecule has 0 bridgehead atoms. The minimum Gasteiger partial charge on any atom is -0.317 e. The first-order chi connectivity index (χ1) is 7.74. The van der Waals surface area contributed by atoms with E-state index in [1.165, 1.54) is 12.1 Å². The lowest BCUT2D eigenvalue weighted by atomic mass is 10.3. The van der Waals surface area contributed by atoms with Crippen molar-refractivity contribution < 1.29 is 8.78 Å². The predicted molar refractivity (Wildman–Crippen MR) is 64.9 cm³/mol. The first-order valence-electron chi connectivity index (χ1n) is 5.52. The highest BCUT2D eigenvalue weighted by atomic mass is 32.2. The van der Waals surface area contributed by atoms with Crippen LogP contribution in [0.3, 0.4) is 0 Å². The molecule has 1 nitrogen and oxygen atoms in total. The Balaban J connectivity index is 2.19. The molecule has 0 aliphatic heterocycles. The van der Waals surface area contributed by atoms with Gasteiger partial charge in [-0.2, -0.15) is 0 Å². The van der Waals surface area contributed by atoms with E-state index in [1.54, 1.807) is 17.8 Å². The fraction of sp³-hybridized carbons (Fsp3) is 0.500. The molecule has 0 heterocycles. The van der Waals surface area contributed by atoms with Crippen LogP contribution in [0.2, 0.25) is 0 Å². The minimum atomic E-state index is -0.781. The Bertz CT molecular complexity index is 318. The molecular weight excluding hydrogens is 228 g/mol. The Morgan fingerprint density at radius 2 is 2.00 bits per heavy atom. The van der Waals surface area contributed by atoms with Crippen molar-refractivity contribution in [2.45, 2.75) is 24.7 Å². The van der Waals surface area contributed by atoms with E-state index < -0.39 is 11.6 Å². The monoisotopic (exact) mass is 245 g/mol. The van der Waals surface area contributed by atoms with Crippen molar-refractivity contribution in [3.05, 3.63) is 29.8 Å². The second kappa shape index (κ2) is 7.63. The average Bonchev–Trinajstić information content (AvgIpc) is 2.28. The summed E-state index contributed by atoms with van der Waals surface area (Å²) in [5, 5.41) is 3.24. The Morgan fingerprint density at radius 1 is 1.19 bits per heavy atom. The number of thioether (sulfide) groups is 1. The molecule has 0 unspecified atom stereocenters. The zero-order chi connectivity index (χ0) is 11.8. The van der Waals surface area contributed by atoms with Gasteiger partial charge in [0.25, 0.3) is 0 Å². The maximum atomic E-state index is 12.9. The summed E-state index contributed by atoms with van der Waals surface area (Å²) in [6, 6.07) is 4.05. The molecule has 1 aromatic rings. The molecule has 90 valence electrons. The van der Waals surface area contributed by atoms with Crippen molar-refractivity contribution in [2.75, 3.05) is 18.8 Å². The van der Waals surface area contributed by atoms with E-state index in [-0.39, 0.29) is 0 Å². The lowest BCUT2D eigenvalue weighted by molar-refractivity contribution is 0.506. The second-order valence-electron chi connectivity index (χ2n) is 3.49. The highest BCUT2D eigenvalue weighted by molar-refractivity contribution is 7.99. The van der Waals surface area contributed by atoms with Crippen molar-refractivity contribution in [3.63, 3.8) is 0 Å². The van der Waals surface area contributed by atoms with Gasteiger partial charge >= 0.3 is 0 Å². The van der Waals surface area contributed by atoms with Crippen LogP contribution in [0.4, 0.5) is 8.78 Å². The van der Waals surface area contributed by atoms with Gasteiger partial charge in [0, 0.05) is 4.90 Å². The van der Waals surface area contributed by atoms with Gasteiger partial charge in [-0.3, -0.25) is 0 Å². The number of nitrogens with one attached hydrogen (secondary N) is 1. The normalized spacial score (nSPS) is 10.7. The molecule has 1 N–H and O–H groups in total. The predicted octanol–water partition coefficient (Wildman–Crippen LogP) is 3.45. The number of rotatable bonds is 7. The van der Waals surface area contributed by atoms with E-state index in [0.717, 1.165) is 36.6 Å². The Morgan fingerprint density at radius 3 is 2.69 bits per heavy atom. The van der Waals surface area contributed by atoms with Crippen LogP contribution in [0, 0.1) is 11.6 Å². The fourth-order valence-electron chi connectivity index (χ4n) is 1.29. The maximum Gasteiger partial charge on any atom is 0.159 e.